The molecule has 0 radical (unpaired) electrons. The average molecular weight is 375 g/mol. The van der Waals surface area contributed by atoms with E-state index in [9.17, 15) is 19.5 Å². The highest BCUT2D eigenvalue weighted by Crippen LogP contribution is 2.34. The van der Waals surface area contributed by atoms with Gasteiger partial charge in [0, 0.05) is 24.3 Å². The van der Waals surface area contributed by atoms with Gasteiger partial charge >= 0.3 is 5.97 Å². The summed E-state index contributed by atoms with van der Waals surface area (Å²) in [6, 6.07) is 10.00. The molecule has 6 nitrogen and oxygen atoms in total. The molecule has 0 saturated heterocycles. The summed E-state index contributed by atoms with van der Waals surface area (Å²) in [6.45, 7) is 3.25. The van der Waals surface area contributed by atoms with Crippen LogP contribution < -0.4 is 5.32 Å². The quantitative estimate of drug-likeness (QED) is 0.653. The van der Waals surface area contributed by atoms with Crippen molar-refractivity contribution < 1.29 is 23.9 Å². The van der Waals surface area contributed by atoms with Crippen molar-refractivity contribution in [3.63, 3.8) is 0 Å². The van der Waals surface area contributed by atoms with Crippen LogP contribution >= 0.6 is 11.8 Å². The van der Waals surface area contributed by atoms with Gasteiger partial charge in [-0.25, -0.2) is 4.79 Å². The fourth-order valence-corrected chi connectivity index (χ4v) is 3.66. The molecule has 0 aliphatic carbocycles. The Morgan fingerprint density at radius 3 is 2.42 bits per heavy atom. The lowest BCUT2D eigenvalue weighted by Gasteiger charge is -2.19. The van der Waals surface area contributed by atoms with Crippen LogP contribution in [0.4, 0.5) is 0 Å². The van der Waals surface area contributed by atoms with Crippen molar-refractivity contribution in [1.82, 2.24) is 5.32 Å². The monoisotopic (exact) mass is 375 g/mol. The average Bonchev–Trinajstić information content (AvgIpc) is 3.12. The lowest BCUT2D eigenvalue weighted by Crippen LogP contribution is -2.41. The maximum absolute atomic E-state index is 12.4. The number of thioether (sulfide) groups is 1. The number of hydrogen-bond donors (Lipinski definition) is 2. The van der Waals surface area contributed by atoms with Crippen LogP contribution in [0, 0.1) is 6.92 Å². The van der Waals surface area contributed by atoms with E-state index in [1.165, 1.54) is 24.9 Å². The van der Waals surface area contributed by atoms with E-state index < -0.39 is 17.9 Å². The van der Waals surface area contributed by atoms with E-state index in [-0.39, 0.29) is 29.0 Å². The minimum Gasteiger partial charge on any atom is -0.480 e. The Morgan fingerprint density at radius 2 is 1.88 bits per heavy atom. The second-order valence-electron chi connectivity index (χ2n) is 5.93. The van der Waals surface area contributed by atoms with Crippen molar-refractivity contribution in [1.29, 1.82) is 0 Å². The molecule has 2 N–H and O–H groups in total. The molecule has 1 amide bonds. The van der Waals surface area contributed by atoms with Crippen molar-refractivity contribution in [2.75, 3.05) is 5.75 Å². The highest BCUT2D eigenvalue weighted by Gasteiger charge is 2.24. The highest BCUT2D eigenvalue weighted by atomic mass is 32.2. The first-order valence-corrected chi connectivity index (χ1v) is 9.16. The van der Waals surface area contributed by atoms with Gasteiger partial charge < -0.3 is 14.8 Å². The molecule has 0 saturated carbocycles. The van der Waals surface area contributed by atoms with Gasteiger partial charge in [-0.1, -0.05) is 29.8 Å². The number of rotatable bonds is 9. The normalized spacial score (nSPS) is 13.0. The summed E-state index contributed by atoms with van der Waals surface area (Å²) < 4.78 is 5.16. The zero-order chi connectivity index (χ0) is 19.1. The minimum atomic E-state index is -1.10. The molecule has 0 fully saturated rings. The van der Waals surface area contributed by atoms with Gasteiger partial charge in [0.2, 0.25) is 5.91 Å². The molecule has 0 aliphatic heterocycles. The molecule has 2 rings (SSSR count). The van der Waals surface area contributed by atoms with E-state index in [4.69, 9.17) is 4.42 Å². The molecule has 0 aliphatic rings. The Balaban J connectivity index is 2.14. The predicted molar refractivity (Wildman–Crippen MR) is 99.3 cm³/mol. The summed E-state index contributed by atoms with van der Waals surface area (Å²) >= 11 is 1.33. The third-order valence-electron chi connectivity index (χ3n) is 3.76. The Labute approximate surface area is 156 Å². The summed E-state index contributed by atoms with van der Waals surface area (Å²) in [5.41, 5.74) is 2.02. The first-order chi connectivity index (χ1) is 12.4. The number of carbonyl (C=O) groups excluding carboxylic acids is 2. The number of aryl methyl sites for hydroxylation is 1. The summed E-state index contributed by atoms with van der Waals surface area (Å²) in [4.78, 5) is 34.9. The van der Waals surface area contributed by atoms with Crippen molar-refractivity contribution in [3.8, 4) is 0 Å². The second kappa shape index (κ2) is 9.24. The molecule has 1 heterocycles. The van der Waals surface area contributed by atoms with E-state index in [2.05, 4.69) is 5.32 Å². The number of carboxylic acid groups (broad SMARTS) is 1. The number of furan rings is 1. The number of aliphatic carboxylic acids is 1. The van der Waals surface area contributed by atoms with E-state index in [0.29, 0.717) is 0 Å². The van der Waals surface area contributed by atoms with E-state index in [1.54, 1.807) is 12.1 Å². The van der Waals surface area contributed by atoms with Gasteiger partial charge in [-0.05, 0) is 24.6 Å². The molecule has 2 aromatic rings. The maximum Gasteiger partial charge on any atom is 0.327 e. The minimum absolute atomic E-state index is 0.152. The topological polar surface area (TPSA) is 96.6 Å². The number of carbonyl (C=O) groups is 3. The molecule has 138 valence electrons. The Kier molecular flexibility index (Phi) is 7.03. The Morgan fingerprint density at radius 1 is 1.19 bits per heavy atom. The van der Waals surface area contributed by atoms with Crippen LogP contribution in [-0.2, 0) is 9.59 Å². The second-order valence-corrected chi connectivity index (χ2v) is 7.16. The lowest BCUT2D eigenvalue weighted by molar-refractivity contribution is -0.140. The number of amides is 1. The largest absolute Gasteiger partial charge is 0.480 e. The summed E-state index contributed by atoms with van der Waals surface area (Å²) in [5, 5.41) is 11.4. The van der Waals surface area contributed by atoms with Gasteiger partial charge in [0.25, 0.3) is 0 Å². The number of carboxylic acids is 1. The van der Waals surface area contributed by atoms with Crippen molar-refractivity contribution in [2.45, 2.75) is 31.6 Å². The Hall–Kier alpha value is -2.54. The zero-order valence-electron chi connectivity index (χ0n) is 14.6. The molecule has 26 heavy (non-hydrogen) atoms. The summed E-state index contributed by atoms with van der Waals surface area (Å²) in [5.74, 6) is -1.23. The third-order valence-corrected chi connectivity index (χ3v) is 5.12. The standard InChI is InChI=1S/C19H21NO5S/c1-12-5-7-14(8-6-12)18(10-16(22)17-4-3-9-25-17)26-11-15(19(23)24)20-13(2)21/h3-9,15,18H,10-11H2,1-2H3,(H,20,21)(H,23,24)/t15-,18-/m1/s1. The van der Waals surface area contributed by atoms with Crippen LogP contribution in [-0.4, -0.2) is 34.6 Å². The number of Topliss-reactive ketones (excluding diaryl/α,β-unsaturated/α-hetero) is 1. The van der Waals surface area contributed by atoms with Crippen molar-refractivity contribution in [2.24, 2.45) is 0 Å². The molecular formula is C19H21NO5S. The Bertz CT molecular complexity index is 755. The van der Waals surface area contributed by atoms with Crippen LogP contribution in [0.5, 0.6) is 0 Å². The maximum atomic E-state index is 12.4. The lowest BCUT2D eigenvalue weighted by atomic mass is 10.0. The molecule has 0 unspecified atom stereocenters. The number of hydrogen-bond acceptors (Lipinski definition) is 5. The highest BCUT2D eigenvalue weighted by molar-refractivity contribution is 7.99. The molecule has 7 heteroatoms. The van der Waals surface area contributed by atoms with Gasteiger partial charge in [0.15, 0.2) is 11.5 Å². The SMILES string of the molecule is CC(=O)N[C@H](CS[C@H](CC(=O)c1ccco1)c1ccc(C)cc1)C(=O)O. The first-order valence-electron chi connectivity index (χ1n) is 8.11. The van der Waals surface area contributed by atoms with Crippen LogP contribution in [0.25, 0.3) is 0 Å². The van der Waals surface area contributed by atoms with Gasteiger partial charge in [-0.15, -0.1) is 0 Å². The van der Waals surface area contributed by atoms with Crippen LogP contribution in [0.1, 0.15) is 40.3 Å². The smallest absolute Gasteiger partial charge is 0.327 e. The van der Waals surface area contributed by atoms with Gasteiger partial charge in [0.1, 0.15) is 6.04 Å². The summed E-state index contributed by atoms with van der Waals surface area (Å²) in [7, 11) is 0. The van der Waals surface area contributed by atoms with Crippen LogP contribution in [0.2, 0.25) is 0 Å². The number of ketones is 1. The zero-order valence-corrected chi connectivity index (χ0v) is 15.4. The van der Waals surface area contributed by atoms with Gasteiger partial charge in [-0.2, -0.15) is 11.8 Å². The molecule has 1 aromatic heterocycles. The van der Waals surface area contributed by atoms with Gasteiger partial charge in [-0.3, -0.25) is 9.59 Å². The first kappa shape index (κ1) is 19.8. The van der Waals surface area contributed by atoms with E-state index in [0.717, 1.165) is 11.1 Å². The third kappa shape index (κ3) is 5.77. The number of nitrogens with one attached hydrogen (secondary N) is 1. The molecule has 1 aromatic carbocycles. The molecule has 0 spiro atoms. The predicted octanol–water partition coefficient (Wildman–Crippen LogP) is 3.22. The fourth-order valence-electron chi connectivity index (χ4n) is 2.39. The van der Waals surface area contributed by atoms with Gasteiger partial charge in [0.05, 0.1) is 6.26 Å². The van der Waals surface area contributed by atoms with Crippen LogP contribution in [0.15, 0.2) is 47.1 Å². The summed E-state index contributed by atoms with van der Waals surface area (Å²) in [6.07, 6.45) is 1.62. The van der Waals surface area contributed by atoms with Crippen LogP contribution in [0.3, 0.4) is 0 Å². The molecular weight excluding hydrogens is 354 g/mol. The molecule has 0 bridgehead atoms. The number of benzene rings is 1. The van der Waals surface area contributed by atoms with E-state index in [1.807, 2.05) is 31.2 Å². The van der Waals surface area contributed by atoms with E-state index >= 15 is 0 Å². The molecule has 2 atom stereocenters. The van der Waals surface area contributed by atoms with Crippen molar-refractivity contribution in [3.05, 3.63) is 59.5 Å². The fraction of sp³-hybridized carbons (Fsp3) is 0.316. The van der Waals surface area contributed by atoms with Crippen molar-refractivity contribution >= 4 is 29.4 Å².